The number of rotatable bonds is 4. The van der Waals surface area contributed by atoms with Gasteiger partial charge in [0.1, 0.15) is 11.5 Å². The van der Waals surface area contributed by atoms with E-state index in [0.717, 1.165) is 11.3 Å². The molecule has 0 aromatic heterocycles. The first-order valence-corrected chi connectivity index (χ1v) is 7.73. The molecule has 2 rings (SSSR count). The summed E-state index contributed by atoms with van der Waals surface area (Å²) in [5, 5.41) is 12.7. The van der Waals surface area contributed by atoms with E-state index in [1.807, 2.05) is 45.0 Å². The molecule has 0 heterocycles. The van der Waals surface area contributed by atoms with Gasteiger partial charge in [0.05, 0.1) is 0 Å². The van der Waals surface area contributed by atoms with Crippen molar-refractivity contribution in [1.29, 1.82) is 0 Å². The van der Waals surface area contributed by atoms with E-state index < -0.39 is 0 Å². The Kier molecular flexibility index (Phi) is 5.24. The molecule has 0 radical (unpaired) electrons. The maximum Gasteiger partial charge on any atom is 0.223 e. The van der Waals surface area contributed by atoms with Crippen LogP contribution < -0.4 is 10.1 Å². The molecule has 0 unspecified atom stereocenters. The number of hydrogen-bond donors (Lipinski definition) is 2. The van der Waals surface area contributed by atoms with Crippen molar-refractivity contribution >= 4 is 17.8 Å². The third-order valence-corrected chi connectivity index (χ3v) is 3.25. The van der Waals surface area contributed by atoms with Gasteiger partial charge in [0.2, 0.25) is 17.7 Å². The van der Waals surface area contributed by atoms with Gasteiger partial charge in [0.25, 0.3) is 0 Å². The first-order valence-electron chi connectivity index (χ1n) is 7.73. The molecule has 24 heavy (non-hydrogen) atoms. The van der Waals surface area contributed by atoms with Crippen molar-refractivity contribution in [3.63, 3.8) is 0 Å². The van der Waals surface area contributed by atoms with Crippen LogP contribution in [-0.4, -0.2) is 27.6 Å². The minimum absolute atomic E-state index is 0.108. The Labute approximate surface area is 142 Å². The second-order valence-electron chi connectivity index (χ2n) is 6.52. The third kappa shape index (κ3) is 5.12. The van der Waals surface area contributed by atoms with E-state index >= 15 is 0 Å². The Hall–Kier alpha value is -2.82. The zero-order valence-corrected chi connectivity index (χ0v) is 14.4. The van der Waals surface area contributed by atoms with Gasteiger partial charge in [-0.05, 0) is 53.3 Å². The SMILES string of the molecule is CC(=O)Nc1ccc(Oc2ccc(C=[N+](O)C(C)(C)C)cc2)cc1. The van der Waals surface area contributed by atoms with Crippen molar-refractivity contribution in [3.8, 4) is 11.5 Å². The Morgan fingerprint density at radius 1 is 1.04 bits per heavy atom. The van der Waals surface area contributed by atoms with Crippen LogP contribution in [0.3, 0.4) is 0 Å². The fourth-order valence-electron chi connectivity index (χ4n) is 1.90. The molecule has 0 saturated carbocycles. The molecule has 0 bridgehead atoms. The summed E-state index contributed by atoms with van der Waals surface area (Å²) in [7, 11) is 0. The van der Waals surface area contributed by atoms with Gasteiger partial charge in [-0.2, -0.15) is 0 Å². The van der Waals surface area contributed by atoms with Crippen LogP contribution >= 0.6 is 0 Å². The molecule has 0 saturated heterocycles. The van der Waals surface area contributed by atoms with E-state index in [1.165, 1.54) is 11.7 Å². The zero-order valence-electron chi connectivity index (χ0n) is 14.4. The number of ether oxygens (including phenoxy) is 1. The lowest BCUT2D eigenvalue weighted by atomic mass is 10.1. The smallest absolute Gasteiger partial charge is 0.223 e. The van der Waals surface area contributed by atoms with Gasteiger partial charge in [-0.1, -0.05) is 0 Å². The highest BCUT2D eigenvalue weighted by Gasteiger charge is 2.23. The number of nitrogens with one attached hydrogen (secondary N) is 1. The molecule has 2 N–H and O–H groups in total. The van der Waals surface area contributed by atoms with Crippen LogP contribution in [0.2, 0.25) is 0 Å². The van der Waals surface area contributed by atoms with Crippen molar-refractivity contribution in [2.75, 3.05) is 5.32 Å². The maximum absolute atomic E-state index is 11.0. The third-order valence-electron chi connectivity index (χ3n) is 3.25. The predicted molar refractivity (Wildman–Crippen MR) is 94.2 cm³/mol. The Balaban J connectivity index is 2.05. The second-order valence-corrected chi connectivity index (χ2v) is 6.52. The van der Waals surface area contributed by atoms with Crippen LogP contribution in [-0.2, 0) is 4.79 Å². The highest BCUT2D eigenvalue weighted by Crippen LogP contribution is 2.23. The number of anilines is 1. The quantitative estimate of drug-likeness (QED) is 0.385. The summed E-state index contributed by atoms with van der Waals surface area (Å²) >= 11 is 0. The maximum atomic E-state index is 11.0. The summed E-state index contributed by atoms with van der Waals surface area (Å²) in [5.74, 6) is 1.27. The summed E-state index contributed by atoms with van der Waals surface area (Å²) in [6.45, 7) is 7.24. The van der Waals surface area contributed by atoms with Crippen LogP contribution in [0, 0.1) is 0 Å². The van der Waals surface area contributed by atoms with Gasteiger partial charge in [0.15, 0.2) is 0 Å². The lowest BCUT2D eigenvalue weighted by Gasteiger charge is -2.09. The number of amides is 1. The van der Waals surface area contributed by atoms with E-state index in [-0.39, 0.29) is 11.4 Å². The number of nitrogens with zero attached hydrogens (tertiary/aromatic N) is 1. The standard InChI is InChI=1S/C19H22N2O3/c1-14(22)20-16-7-11-18(12-8-16)24-17-9-5-15(6-10-17)13-21(23)19(2,3)4/h5-13H,1-4H3,(H-,20,22,23)/p+1. The van der Waals surface area contributed by atoms with Gasteiger partial charge < -0.3 is 10.1 Å². The average molecular weight is 327 g/mol. The molecular formula is C19H23N2O3+. The fraction of sp³-hybridized carbons (Fsp3) is 0.263. The molecule has 0 fully saturated rings. The predicted octanol–water partition coefficient (Wildman–Crippen LogP) is 4.06. The van der Waals surface area contributed by atoms with E-state index in [9.17, 15) is 10.0 Å². The van der Waals surface area contributed by atoms with Crippen LogP contribution in [0.1, 0.15) is 33.3 Å². The van der Waals surface area contributed by atoms with Crippen molar-refractivity contribution in [2.24, 2.45) is 0 Å². The Morgan fingerprint density at radius 3 is 2.00 bits per heavy atom. The summed E-state index contributed by atoms with van der Waals surface area (Å²) in [5.41, 5.74) is 1.25. The van der Waals surface area contributed by atoms with E-state index in [1.54, 1.807) is 30.5 Å². The molecular weight excluding hydrogens is 304 g/mol. The molecule has 0 aliphatic heterocycles. The summed E-state index contributed by atoms with van der Waals surface area (Å²) in [6.07, 6.45) is 1.67. The van der Waals surface area contributed by atoms with E-state index in [0.29, 0.717) is 11.5 Å². The normalized spacial score (nSPS) is 11.9. The highest BCUT2D eigenvalue weighted by molar-refractivity contribution is 5.88. The molecule has 0 aliphatic rings. The first-order chi connectivity index (χ1) is 11.2. The summed E-state index contributed by atoms with van der Waals surface area (Å²) < 4.78 is 6.95. The highest BCUT2D eigenvalue weighted by atomic mass is 16.5. The lowest BCUT2D eigenvalue weighted by Crippen LogP contribution is -2.31. The minimum Gasteiger partial charge on any atom is -0.457 e. The topological polar surface area (TPSA) is 61.6 Å². The van der Waals surface area contributed by atoms with Gasteiger partial charge >= 0.3 is 0 Å². The number of hydroxylamine groups is 1. The van der Waals surface area contributed by atoms with Crippen molar-refractivity contribution < 1.29 is 19.5 Å². The number of carbonyl (C=O) groups excluding carboxylic acids is 1. The van der Waals surface area contributed by atoms with Crippen molar-refractivity contribution in [1.82, 2.24) is 0 Å². The largest absolute Gasteiger partial charge is 0.457 e. The zero-order chi connectivity index (χ0) is 17.7. The summed E-state index contributed by atoms with van der Waals surface area (Å²) in [4.78, 5) is 11.0. The average Bonchev–Trinajstić information content (AvgIpc) is 2.50. The lowest BCUT2D eigenvalue weighted by molar-refractivity contribution is -0.816. The van der Waals surface area contributed by atoms with Gasteiger partial charge in [-0.3, -0.25) is 10.0 Å². The van der Waals surface area contributed by atoms with Gasteiger partial charge in [-0.15, -0.1) is 0 Å². The molecule has 126 valence electrons. The van der Waals surface area contributed by atoms with Crippen molar-refractivity contribution in [3.05, 3.63) is 54.1 Å². The van der Waals surface area contributed by atoms with E-state index in [4.69, 9.17) is 4.74 Å². The molecule has 0 aliphatic carbocycles. The molecule has 0 spiro atoms. The second kappa shape index (κ2) is 7.17. The molecule has 2 aromatic rings. The van der Waals surface area contributed by atoms with E-state index in [2.05, 4.69) is 5.32 Å². The van der Waals surface area contributed by atoms with Crippen molar-refractivity contribution in [2.45, 2.75) is 33.2 Å². The van der Waals surface area contributed by atoms with Crippen LogP contribution in [0.25, 0.3) is 0 Å². The monoisotopic (exact) mass is 327 g/mol. The molecule has 5 heteroatoms. The Bertz CT molecular complexity index is 727. The van der Waals surface area contributed by atoms with Crippen LogP contribution in [0.15, 0.2) is 48.5 Å². The van der Waals surface area contributed by atoms with Gasteiger partial charge in [0, 0.05) is 38.9 Å². The fourth-order valence-corrected chi connectivity index (χ4v) is 1.90. The molecule has 1 amide bonds. The van der Waals surface area contributed by atoms with Crippen LogP contribution in [0.4, 0.5) is 5.69 Å². The van der Waals surface area contributed by atoms with Gasteiger partial charge in [-0.25, -0.2) is 0 Å². The minimum atomic E-state index is -0.356. The molecule has 5 nitrogen and oxygen atoms in total. The molecule has 2 aromatic carbocycles. The first kappa shape index (κ1) is 17.5. The molecule has 0 atom stereocenters. The number of carbonyl (C=O) groups is 1. The number of hydrogen-bond acceptors (Lipinski definition) is 3. The summed E-state index contributed by atoms with van der Waals surface area (Å²) in [6, 6.07) is 14.6. The Morgan fingerprint density at radius 2 is 1.54 bits per heavy atom. The number of benzene rings is 2. The van der Waals surface area contributed by atoms with Crippen LogP contribution in [0.5, 0.6) is 11.5 Å².